The molecule has 0 N–H and O–H groups in total. The van der Waals surface area contributed by atoms with E-state index < -0.39 is 6.43 Å². The number of nitrogens with zero attached hydrogens (tertiary/aromatic N) is 3. The molecule has 1 aromatic heterocycles. The Labute approximate surface area is 115 Å². The van der Waals surface area contributed by atoms with Crippen molar-refractivity contribution in [1.82, 2.24) is 14.7 Å². The molecule has 0 atom stereocenters. The van der Waals surface area contributed by atoms with Crippen LogP contribution >= 0.6 is 15.9 Å². The third kappa shape index (κ3) is 4.65. The van der Waals surface area contributed by atoms with Crippen molar-refractivity contribution in [2.24, 2.45) is 0 Å². The largest absolute Gasteiger partial charge is 0.291 e. The highest BCUT2D eigenvalue weighted by Gasteiger charge is 2.15. The van der Waals surface area contributed by atoms with Crippen molar-refractivity contribution >= 4 is 15.9 Å². The second kappa shape index (κ2) is 7.84. The van der Waals surface area contributed by atoms with Gasteiger partial charge in [0.25, 0.3) is 6.43 Å². The third-order valence-electron chi connectivity index (χ3n) is 2.76. The molecule has 0 aromatic carbocycles. The van der Waals surface area contributed by atoms with Crippen LogP contribution in [0.15, 0.2) is 6.07 Å². The van der Waals surface area contributed by atoms with Crippen LogP contribution in [0.25, 0.3) is 0 Å². The Kier molecular flexibility index (Phi) is 6.78. The van der Waals surface area contributed by atoms with E-state index in [0.29, 0.717) is 18.4 Å². The first-order valence-electron chi connectivity index (χ1n) is 6.22. The second-order valence-corrected chi connectivity index (χ2v) is 4.90. The zero-order valence-corrected chi connectivity index (χ0v) is 12.5. The number of halogens is 3. The number of hydrogen-bond donors (Lipinski definition) is 0. The smallest absolute Gasteiger partial charge is 0.251 e. The Hall–Kier alpha value is -0.490. The fourth-order valence-corrected chi connectivity index (χ4v) is 2.37. The highest BCUT2D eigenvalue weighted by Crippen LogP contribution is 2.11. The Bertz CT molecular complexity index is 355. The van der Waals surface area contributed by atoms with Crippen LogP contribution in [0, 0.1) is 0 Å². The second-order valence-electron chi connectivity index (χ2n) is 4.11. The molecule has 6 heteroatoms. The Morgan fingerprint density at radius 2 is 2.17 bits per heavy atom. The van der Waals surface area contributed by atoms with Crippen LogP contribution in [0.3, 0.4) is 0 Å². The summed E-state index contributed by atoms with van der Waals surface area (Å²) in [5, 5.41) is 5.13. The van der Waals surface area contributed by atoms with Crippen LogP contribution in [-0.4, -0.2) is 39.5 Å². The van der Waals surface area contributed by atoms with Gasteiger partial charge in [-0.2, -0.15) is 5.10 Å². The molecule has 0 radical (unpaired) electrons. The molecular formula is C12H20BrF2N3. The normalized spacial score (nSPS) is 11.7. The predicted molar refractivity (Wildman–Crippen MR) is 72.4 cm³/mol. The van der Waals surface area contributed by atoms with Gasteiger partial charge in [-0.1, -0.05) is 22.9 Å². The summed E-state index contributed by atoms with van der Waals surface area (Å²) in [4.78, 5) is 1.75. The highest BCUT2D eigenvalue weighted by molar-refractivity contribution is 9.09. The van der Waals surface area contributed by atoms with Crippen molar-refractivity contribution in [2.45, 2.75) is 39.8 Å². The van der Waals surface area contributed by atoms with Gasteiger partial charge in [0.1, 0.15) is 0 Å². The Morgan fingerprint density at radius 3 is 2.67 bits per heavy atom. The summed E-state index contributed by atoms with van der Waals surface area (Å²) in [6, 6.07) is 2.01. The summed E-state index contributed by atoms with van der Waals surface area (Å²) in [6.45, 7) is 5.77. The van der Waals surface area contributed by atoms with Crippen molar-refractivity contribution in [3.8, 4) is 0 Å². The molecule has 0 aliphatic heterocycles. The summed E-state index contributed by atoms with van der Waals surface area (Å²) >= 11 is 3.30. The maximum Gasteiger partial charge on any atom is 0.251 e. The summed E-state index contributed by atoms with van der Waals surface area (Å²) < 4.78 is 26.9. The Balaban J connectivity index is 2.75. The van der Waals surface area contributed by atoms with Crippen molar-refractivity contribution < 1.29 is 8.78 Å². The number of aromatic nitrogens is 2. The zero-order chi connectivity index (χ0) is 13.5. The minimum atomic E-state index is -2.30. The van der Waals surface area contributed by atoms with Crippen LogP contribution in [0.1, 0.15) is 25.2 Å². The lowest BCUT2D eigenvalue weighted by molar-refractivity contribution is 0.0868. The minimum Gasteiger partial charge on any atom is -0.291 e. The number of aryl methyl sites for hydroxylation is 2. The lowest BCUT2D eigenvalue weighted by Gasteiger charge is -2.20. The molecule has 1 aromatic rings. The van der Waals surface area contributed by atoms with Crippen molar-refractivity contribution in [2.75, 3.05) is 18.4 Å². The summed E-state index contributed by atoms with van der Waals surface area (Å²) in [5.41, 5.74) is 2.03. The maximum atomic E-state index is 12.5. The van der Waals surface area contributed by atoms with E-state index in [0.717, 1.165) is 24.4 Å². The van der Waals surface area contributed by atoms with Gasteiger partial charge in [-0.3, -0.25) is 9.58 Å². The molecule has 3 nitrogen and oxygen atoms in total. The molecule has 1 heterocycles. The lowest BCUT2D eigenvalue weighted by Crippen LogP contribution is -2.31. The molecule has 0 spiro atoms. The van der Waals surface area contributed by atoms with Gasteiger partial charge in [0, 0.05) is 25.0 Å². The molecule has 18 heavy (non-hydrogen) atoms. The van der Waals surface area contributed by atoms with E-state index in [1.165, 1.54) is 0 Å². The van der Waals surface area contributed by atoms with Gasteiger partial charge in [0.05, 0.1) is 17.9 Å². The van der Waals surface area contributed by atoms with Crippen LogP contribution in [0.4, 0.5) is 8.78 Å². The summed E-state index contributed by atoms with van der Waals surface area (Å²) in [7, 11) is 0. The standard InChI is InChI=1S/C12H20BrF2N3/c1-3-10-7-11(18(4-2)16-10)8-17(6-5-13)9-12(14)15/h7,12H,3-6,8-9H2,1-2H3. The molecule has 1 rings (SSSR count). The molecule has 0 aliphatic rings. The number of hydrogen-bond acceptors (Lipinski definition) is 2. The average molecular weight is 324 g/mol. The highest BCUT2D eigenvalue weighted by atomic mass is 79.9. The van der Waals surface area contributed by atoms with Crippen molar-refractivity contribution in [1.29, 1.82) is 0 Å². The molecule has 0 fully saturated rings. The van der Waals surface area contributed by atoms with Crippen molar-refractivity contribution in [3.05, 3.63) is 17.5 Å². The predicted octanol–water partition coefficient (Wildman–Crippen LogP) is 2.93. The molecule has 0 aliphatic carbocycles. The first kappa shape index (κ1) is 15.6. The minimum absolute atomic E-state index is 0.193. The summed E-state index contributed by atoms with van der Waals surface area (Å²) in [5.74, 6) is 0. The SMILES string of the molecule is CCc1cc(CN(CCBr)CC(F)F)n(CC)n1. The average Bonchev–Trinajstić information content (AvgIpc) is 2.71. The molecule has 0 saturated carbocycles. The van der Waals surface area contributed by atoms with Crippen LogP contribution in [-0.2, 0) is 19.5 Å². The third-order valence-corrected chi connectivity index (χ3v) is 3.11. The maximum absolute atomic E-state index is 12.5. The van der Waals surface area contributed by atoms with Gasteiger partial charge >= 0.3 is 0 Å². The zero-order valence-electron chi connectivity index (χ0n) is 10.9. The van der Waals surface area contributed by atoms with Crippen LogP contribution in [0.5, 0.6) is 0 Å². The van der Waals surface area contributed by atoms with Crippen LogP contribution in [0.2, 0.25) is 0 Å². The van der Waals surface area contributed by atoms with Gasteiger partial charge < -0.3 is 0 Å². The van der Waals surface area contributed by atoms with E-state index in [1.54, 1.807) is 4.90 Å². The molecule has 0 unspecified atom stereocenters. The van der Waals surface area contributed by atoms with E-state index in [-0.39, 0.29) is 6.54 Å². The number of alkyl halides is 3. The quantitative estimate of drug-likeness (QED) is 0.686. The van der Waals surface area contributed by atoms with Gasteiger partial charge in [0.15, 0.2) is 0 Å². The Morgan fingerprint density at radius 1 is 1.44 bits per heavy atom. The van der Waals surface area contributed by atoms with E-state index in [2.05, 4.69) is 21.0 Å². The molecular weight excluding hydrogens is 304 g/mol. The molecule has 0 amide bonds. The molecule has 0 saturated heterocycles. The number of rotatable bonds is 8. The molecule has 0 bridgehead atoms. The monoisotopic (exact) mass is 323 g/mol. The van der Waals surface area contributed by atoms with Gasteiger partial charge in [0.2, 0.25) is 0 Å². The van der Waals surface area contributed by atoms with Crippen LogP contribution < -0.4 is 0 Å². The van der Waals surface area contributed by atoms with Gasteiger partial charge in [-0.05, 0) is 19.4 Å². The van der Waals surface area contributed by atoms with E-state index in [4.69, 9.17) is 0 Å². The first-order valence-corrected chi connectivity index (χ1v) is 7.34. The fraction of sp³-hybridized carbons (Fsp3) is 0.750. The van der Waals surface area contributed by atoms with E-state index in [9.17, 15) is 8.78 Å². The van der Waals surface area contributed by atoms with E-state index in [1.807, 2.05) is 24.6 Å². The molecule has 104 valence electrons. The summed E-state index contributed by atoms with van der Waals surface area (Å²) in [6.07, 6.45) is -1.43. The topological polar surface area (TPSA) is 21.1 Å². The first-order chi connectivity index (χ1) is 8.60. The van der Waals surface area contributed by atoms with Gasteiger partial charge in [-0.15, -0.1) is 0 Å². The fourth-order valence-electron chi connectivity index (χ4n) is 1.87. The van der Waals surface area contributed by atoms with Crippen molar-refractivity contribution in [3.63, 3.8) is 0 Å². The van der Waals surface area contributed by atoms with E-state index >= 15 is 0 Å². The lowest BCUT2D eigenvalue weighted by atomic mass is 10.3. The van der Waals surface area contributed by atoms with Gasteiger partial charge in [-0.25, -0.2) is 8.78 Å².